The van der Waals surface area contributed by atoms with E-state index in [0.717, 1.165) is 11.8 Å². The number of urea groups is 1. The van der Waals surface area contributed by atoms with E-state index >= 15 is 0 Å². The molecule has 0 radical (unpaired) electrons. The Morgan fingerprint density at radius 2 is 2.03 bits per heavy atom. The van der Waals surface area contributed by atoms with E-state index in [1.165, 1.54) is 24.5 Å². The normalized spacial score (nSPS) is 17.4. The minimum absolute atomic E-state index is 0.0764. The molecule has 12 nitrogen and oxygen atoms in total. The Morgan fingerprint density at radius 3 is 2.67 bits per heavy atom. The summed E-state index contributed by atoms with van der Waals surface area (Å²) in [5, 5.41) is 27.1. The maximum absolute atomic E-state index is 12.8. The molecule has 0 aliphatic carbocycles. The molecule has 1 atom stereocenters. The van der Waals surface area contributed by atoms with Crippen molar-refractivity contribution in [3.63, 3.8) is 0 Å². The largest absolute Gasteiger partial charge is 0.322 e. The molecule has 1 aliphatic rings. The van der Waals surface area contributed by atoms with Gasteiger partial charge in [0.15, 0.2) is 5.16 Å². The van der Waals surface area contributed by atoms with E-state index in [-0.39, 0.29) is 11.3 Å². The first-order valence-corrected chi connectivity index (χ1v) is 10.3. The lowest BCUT2D eigenvalue weighted by Crippen LogP contribution is -2.40. The van der Waals surface area contributed by atoms with Crippen LogP contribution in [0.2, 0.25) is 0 Å². The number of aromatic nitrogens is 3. The summed E-state index contributed by atoms with van der Waals surface area (Å²) in [6, 6.07) is 9.94. The zero-order chi connectivity index (χ0) is 23.8. The molecule has 1 saturated heterocycles. The minimum atomic E-state index is -1.28. The van der Waals surface area contributed by atoms with Gasteiger partial charge in [-0.1, -0.05) is 12.1 Å². The second-order valence-electron chi connectivity index (χ2n) is 7.33. The quantitative estimate of drug-likeness (QED) is 0.282. The number of anilines is 1. The molecule has 2 aromatic carbocycles. The van der Waals surface area contributed by atoms with E-state index in [2.05, 4.69) is 26.1 Å². The van der Waals surface area contributed by atoms with Crippen LogP contribution in [0, 0.1) is 10.1 Å². The summed E-state index contributed by atoms with van der Waals surface area (Å²) in [5.41, 5.74) is -0.636. The third kappa shape index (κ3) is 4.25. The second-order valence-corrected chi connectivity index (χ2v) is 8.34. The van der Waals surface area contributed by atoms with Crippen molar-refractivity contribution in [2.75, 3.05) is 5.32 Å². The zero-order valence-electron chi connectivity index (χ0n) is 17.4. The number of nitro groups is 1. The van der Waals surface area contributed by atoms with Gasteiger partial charge in [-0.2, -0.15) is 0 Å². The van der Waals surface area contributed by atoms with Crippen molar-refractivity contribution in [2.45, 2.75) is 22.5 Å². The summed E-state index contributed by atoms with van der Waals surface area (Å²) in [7, 11) is 1.71. The van der Waals surface area contributed by atoms with Crippen LogP contribution in [0.4, 0.5) is 16.2 Å². The number of amides is 4. The molecule has 168 valence electrons. The maximum Gasteiger partial charge on any atom is 0.322 e. The van der Waals surface area contributed by atoms with Gasteiger partial charge < -0.3 is 15.2 Å². The van der Waals surface area contributed by atoms with Gasteiger partial charge >= 0.3 is 6.03 Å². The molecule has 1 fully saturated rings. The van der Waals surface area contributed by atoms with Crippen LogP contribution in [0.5, 0.6) is 0 Å². The molecule has 4 amide bonds. The monoisotopic (exact) mass is 467 g/mol. The van der Waals surface area contributed by atoms with Crippen LogP contribution in [0.1, 0.15) is 22.8 Å². The number of benzene rings is 2. The second kappa shape index (κ2) is 8.35. The highest BCUT2D eigenvalue weighted by molar-refractivity contribution is 7.99. The Balaban J connectivity index is 1.57. The molecular weight excluding hydrogens is 450 g/mol. The smallest absolute Gasteiger partial charge is 0.322 e. The van der Waals surface area contributed by atoms with Crippen LogP contribution in [-0.4, -0.2) is 37.5 Å². The summed E-state index contributed by atoms with van der Waals surface area (Å²) in [5.74, 6) is -1.09. The van der Waals surface area contributed by atoms with E-state index in [1.54, 1.807) is 42.8 Å². The van der Waals surface area contributed by atoms with Crippen molar-refractivity contribution >= 4 is 41.0 Å². The topological polar surface area (TPSA) is 161 Å². The first-order valence-electron chi connectivity index (χ1n) is 9.53. The predicted molar refractivity (Wildman–Crippen MR) is 117 cm³/mol. The molecule has 33 heavy (non-hydrogen) atoms. The van der Waals surface area contributed by atoms with Crippen molar-refractivity contribution in [3.05, 3.63) is 70.0 Å². The molecule has 0 bridgehead atoms. The Morgan fingerprint density at radius 1 is 1.24 bits per heavy atom. The lowest BCUT2D eigenvalue weighted by molar-refractivity contribution is -0.387. The van der Waals surface area contributed by atoms with Gasteiger partial charge in [-0.3, -0.25) is 25.0 Å². The van der Waals surface area contributed by atoms with Crippen molar-refractivity contribution in [3.8, 4) is 0 Å². The summed E-state index contributed by atoms with van der Waals surface area (Å²) in [6.07, 6.45) is 1.48. The summed E-state index contributed by atoms with van der Waals surface area (Å²) < 4.78 is 1.62. The summed E-state index contributed by atoms with van der Waals surface area (Å²) >= 11 is 1.06. The average molecular weight is 467 g/mol. The number of hydrogen-bond donors (Lipinski definition) is 3. The van der Waals surface area contributed by atoms with Gasteiger partial charge in [-0.15, -0.1) is 10.2 Å². The fraction of sp³-hybridized carbons (Fsp3) is 0.150. The molecule has 1 aliphatic heterocycles. The van der Waals surface area contributed by atoms with E-state index < -0.39 is 28.3 Å². The van der Waals surface area contributed by atoms with Gasteiger partial charge in [0.05, 0.1) is 9.82 Å². The molecule has 3 N–H and O–H groups in total. The van der Waals surface area contributed by atoms with Crippen molar-refractivity contribution in [1.82, 2.24) is 25.4 Å². The highest BCUT2D eigenvalue weighted by atomic mass is 32.2. The van der Waals surface area contributed by atoms with Gasteiger partial charge in [0.2, 0.25) is 0 Å². The Hall–Kier alpha value is -4.26. The van der Waals surface area contributed by atoms with Crippen LogP contribution in [-0.2, 0) is 17.4 Å². The molecule has 3 aromatic rings. The number of nitro benzene ring substituents is 1. The summed E-state index contributed by atoms with van der Waals surface area (Å²) in [6.45, 7) is 1.55. The number of hydrogen-bond acceptors (Lipinski definition) is 8. The summed E-state index contributed by atoms with van der Waals surface area (Å²) in [4.78, 5) is 47.8. The van der Waals surface area contributed by atoms with Crippen LogP contribution in [0.25, 0.3) is 0 Å². The number of imide groups is 1. The van der Waals surface area contributed by atoms with Gasteiger partial charge in [0.25, 0.3) is 17.5 Å². The molecule has 4 rings (SSSR count). The first-order chi connectivity index (χ1) is 15.7. The van der Waals surface area contributed by atoms with E-state index in [0.29, 0.717) is 21.3 Å². The van der Waals surface area contributed by atoms with Crippen LogP contribution in [0.15, 0.2) is 58.8 Å². The zero-order valence-corrected chi connectivity index (χ0v) is 18.2. The number of carbonyl (C=O) groups is 3. The first kappa shape index (κ1) is 22.0. The number of nitrogens with zero attached hydrogens (tertiary/aromatic N) is 4. The SMILES string of the molecule is Cn1cnnc1Sc1ccc(C(=O)Nc2cccc(C3(C)NC(=O)NC3=O)c2)cc1[N+](=O)[O-]. The molecule has 1 aromatic heterocycles. The Kier molecular flexibility index (Phi) is 5.55. The van der Waals surface area contributed by atoms with Gasteiger partial charge in [0.1, 0.15) is 11.9 Å². The standard InChI is InChI=1S/C20H17N7O5S/c1-20(17(29)23-18(30)24-20)12-4-3-5-13(9-12)22-16(28)11-6-7-15(14(8-11)27(31)32)33-19-25-21-10-26(19)2/h3-10H,1-2H3,(H,22,28)(H2,23,24,29,30). The van der Waals surface area contributed by atoms with Crippen LogP contribution < -0.4 is 16.0 Å². The molecule has 1 unspecified atom stereocenters. The third-order valence-electron chi connectivity index (χ3n) is 5.03. The number of carbonyl (C=O) groups excluding carboxylic acids is 3. The van der Waals surface area contributed by atoms with Crippen LogP contribution >= 0.6 is 11.8 Å². The number of nitrogens with one attached hydrogen (secondary N) is 3. The van der Waals surface area contributed by atoms with Crippen molar-refractivity contribution < 1.29 is 19.3 Å². The molecule has 13 heteroatoms. The minimum Gasteiger partial charge on any atom is -0.322 e. The highest BCUT2D eigenvalue weighted by Crippen LogP contribution is 2.34. The fourth-order valence-corrected chi connectivity index (χ4v) is 4.06. The Bertz CT molecular complexity index is 1310. The molecule has 0 spiro atoms. The van der Waals surface area contributed by atoms with Gasteiger partial charge in [-0.05, 0) is 48.5 Å². The number of aryl methyl sites for hydroxylation is 1. The van der Waals surface area contributed by atoms with E-state index in [1.807, 2.05) is 0 Å². The lowest BCUT2D eigenvalue weighted by Gasteiger charge is -2.21. The molecule has 0 saturated carbocycles. The van der Waals surface area contributed by atoms with Crippen molar-refractivity contribution in [2.24, 2.45) is 7.05 Å². The molecule has 2 heterocycles. The number of rotatable bonds is 6. The van der Waals surface area contributed by atoms with Crippen LogP contribution in [0.3, 0.4) is 0 Å². The fourth-order valence-electron chi connectivity index (χ4n) is 3.21. The Labute approximate surface area is 190 Å². The van der Waals surface area contributed by atoms with E-state index in [9.17, 15) is 24.5 Å². The molecular formula is C20H17N7O5S. The average Bonchev–Trinajstić information content (AvgIpc) is 3.29. The van der Waals surface area contributed by atoms with E-state index in [4.69, 9.17) is 0 Å². The third-order valence-corrected chi connectivity index (χ3v) is 6.15. The van der Waals surface area contributed by atoms with Crippen molar-refractivity contribution in [1.29, 1.82) is 0 Å². The highest BCUT2D eigenvalue weighted by Gasteiger charge is 2.43. The van der Waals surface area contributed by atoms with Gasteiger partial charge in [0, 0.05) is 24.4 Å². The van der Waals surface area contributed by atoms with Gasteiger partial charge in [-0.25, -0.2) is 4.79 Å². The predicted octanol–water partition coefficient (Wildman–Crippen LogP) is 2.18. The maximum atomic E-state index is 12.8. The lowest BCUT2D eigenvalue weighted by atomic mass is 9.92.